The first-order valence-corrected chi connectivity index (χ1v) is 11.3. The van der Waals surface area contributed by atoms with Crippen molar-refractivity contribution in [1.29, 1.82) is 0 Å². The third-order valence-electron chi connectivity index (χ3n) is 7.00. The van der Waals surface area contributed by atoms with E-state index in [9.17, 15) is 8.78 Å². The van der Waals surface area contributed by atoms with Crippen molar-refractivity contribution in [2.24, 2.45) is 5.41 Å². The number of halogens is 2. The molecule has 2 fully saturated rings. The minimum Gasteiger partial charge on any atom is -0.339 e. The molecule has 0 unspecified atom stereocenters. The van der Waals surface area contributed by atoms with Crippen LogP contribution in [0.1, 0.15) is 46.0 Å². The predicted molar refractivity (Wildman–Crippen MR) is 118 cm³/mol. The first kappa shape index (κ1) is 21.5. The lowest BCUT2D eigenvalue weighted by atomic mass is 9.75. The largest absolute Gasteiger partial charge is 0.339 e. The average molecular weight is 420 g/mol. The number of piperazine rings is 1. The fourth-order valence-corrected chi connectivity index (χ4v) is 4.82. The standard InChI is InChI=1S/C23H35F2N5/c1-23(2)7-5-17(6-8-23)30(10-4-9-29-13-11-28(3)12-14-29)22-26-20-15-18(24)19(25)16-21(20)27-22/h15-17H,4-14H2,1-3H3,(H,26,27). The van der Waals surface area contributed by atoms with Crippen molar-refractivity contribution in [1.82, 2.24) is 19.8 Å². The van der Waals surface area contributed by atoms with Gasteiger partial charge in [-0.25, -0.2) is 13.8 Å². The zero-order chi connectivity index (χ0) is 21.3. The number of fused-ring (bicyclic) bond motifs is 1. The lowest BCUT2D eigenvalue weighted by molar-refractivity contribution is 0.152. The minimum absolute atomic E-state index is 0.391. The molecular formula is C23H35F2N5. The predicted octanol–water partition coefficient (Wildman–Crippen LogP) is 4.25. The molecule has 7 heteroatoms. The first-order chi connectivity index (χ1) is 14.3. The van der Waals surface area contributed by atoms with Crippen molar-refractivity contribution in [2.45, 2.75) is 52.0 Å². The Labute approximate surface area is 178 Å². The van der Waals surface area contributed by atoms with Crippen LogP contribution in [0.4, 0.5) is 14.7 Å². The van der Waals surface area contributed by atoms with E-state index in [2.05, 4.69) is 45.6 Å². The van der Waals surface area contributed by atoms with Crippen molar-refractivity contribution < 1.29 is 8.78 Å². The van der Waals surface area contributed by atoms with Gasteiger partial charge in [-0.1, -0.05) is 13.8 Å². The zero-order valence-electron chi connectivity index (χ0n) is 18.6. The molecule has 1 saturated carbocycles. The van der Waals surface area contributed by atoms with E-state index in [-0.39, 0.29) is 0 Å². The van der Waals surface area contributed by atoms with Gasteiger partial charge in [0.25, 0.3) is 0 Å². The molecule has 4 rings (SSSR count). The van der Waals surface area contributed by atoms with E-state index in [1.165, 1.54) is 25.0 Å². The molecule has 0 amide bonds. The van der Waals surface area contributed by atoms with Crippen LogP contribution in [0.3, 0.4) is 0 Å². The van der Waals surface area contributed by atoms with E-state index < -0.39 is 11.6 Å². The summed E-state index contributed by atoms with van der Waals surface area (Å²) in [6.07, 6.45) is 5.69. The Balaban J connectivity index is 1.48. The highest BCUT2D eigenvalue weighted by Crippen LogP contribution is 2.38. The van der Waals surface area contributed by atoms with Crippen LogP contribution in [-0.4, -0.2) is 72.1 Å². The number of aromatic nitrogens is 2. The third-order valence-corrected chi connectivity index (χ3v) is 7.00. The van der Waals surface area contributed by atoms with E-state index in [0.717, 1.165) is 64.5 Å². The van der Waals surface area contributed by atoms with E-state index in [1.807, 2.05) is 0 Å². The molecule has 1 aromatic heterocycles. The van der Waals surface area contributed by atoms with Gasteiger partial charge >= 0.3 is 0 Å². The van der Waals surface area contributed by atoms with Crippen molar-refractivity contribution in [3.8, 4) is 0 Å². The van der Waals surface area contributed by atoms with Gasteiger partial charge < -0.3 is 19.7 Å². The molecule has 5 nitrogen and oxygen atoms in total. The quantitative estimate of drug-likeness (QED) is 0.760. The van der Waals surface area contributed by atoms with Crippen LogP contribution >= 0.6 is 0 Å². The fraction of sp³-hybridized carbons (Fsp3) is 0.696. The number of benzene rings is 1. The van der Waals surface area contributed by atoms with E-state index in [0.29, 0.717) is 22.5 Å². The maximum Gasteiger partial charge on any atom is 0.204 e. The number of likely N-dealkylation sites (N-methyl/N-ethyl adjacent to an activating group) is 1. The van der Waals surface area contributed by atoms with E-state index in [4.69, 9.17) is 0 Å². The summed E-state index contributed by atoms with van der Waals surface area (Å²) in [5, 5.41) is 0. The van der Waals surface area contributed by atoms with Gasteiger partial charge in [-0.2, -0.15) is 0 Å². The van der Waals surface area contributed by atoms with Crippen molar-refractivity contribution >= 4 is 17.0 Å². The number of rotatable bonds is 6. The maximum atomic E-state index is 13.7. The molecule has 0 spiro atoms. The second kappa shape index (κ2) is 8.79. The summed E-state index contributed by atoms with van der Waals surface area (Å²) in [4.78, 5) is 15.2. The summed E-state index contributed by atoms with van der Waals surface area (Å²) < 4.78 is 27.4. The highest BCUT2D eigenvalue weighted by Gasteiger charge is 2.31. The van der Waals surface area contributed by atoms with Crippen molar-refractivity contribution in [3.05, 3.63) is 23.8 Å². The van der Waals surface area contributed by atoms with Crippen LogP contribution in [0.25, 0.3) is 11.0 Å². The van der Waals surface area contributed by atoms with Gasteiger partial charge in [0.2, 0.25) is 5.95 Å². The fourth-order valence-electron chi connectivity index (χ4n) is 4.82. The molecule has 0 radical (unpaired) electrons. The summed E-state index contributed by atoms with van der Waals surface area (Å²) in [7, 11) is 2.18. The molecule has 166 valence electrons. The highest BCUT2D eigenvalue weighted by atomic mass is 19.2. The van der Waals surface area contributed by atoms with E-state index >= 15 is 0 Å². The van der Waals surface area contributed by atoms with Gasteiger partial charge in [-0.15, -0.1) is 0 Å². The summed E-state index contributed by atoms with van der Waals surface area (Å²) in [6, 6.07) is 2.82. The average Bonchev–Trinajstić information content (AvgIpc) is 3.10. The van der Waals surface area contributed by atoms with Crippen LogP contribution in [0.5, 0.6) is 0 Å². The van der Waals surface area contributed by atoms with Crippen LogP contribution in [0.2, 0.25) is 0 Å². The Bertz CT molecular complexity index is 808. The van der Waals surface area contributed by atoms with Crippen molar-refractivity contribution in [3.63, 3.8) is 0 Å². The van der Waals surface area contributed by atoms with Gasteiger partial charge in [0.1, 0.15) is 0 Å². The molecular weight excluding hydrogens is 384 g/mol. The molecule has 1 aliphatic heterocycles. The molecule has 1 aliphatic carbocycles. The number of imidazole rings is 1. The molecule has 2 heterocycles. The lowest BCUT2D eigenvalue weighted by Crippen LogP contribution is -2.46. The Morgan fingerprint density at radius 2 is 1.77 bits per heavy atom. The van der Waals surface area contributed by atoms with Gasteiger partial charge in [-0.05, 0) is 51.1 Å². The number of hydrogen-bond donors (Lipinski definition) is 1. The molecule has 30 heavy (non-hydrogen) atoms. The molecule has 2 aromatic rings. The molecule has 1 aromatic carbocycles. The molecule has 2 aliphatic rings. The Morgan fingerprint density at radius 3 is 2.47 bits per heavy atom. The van der Waals surface area contributed by atoms with Crippen molar-refractivity contribution in [2.75, 3.05) is 51.2 Å². The molecule has 0 bridgehead atoms. The van der Waals surface area contributed by atoms with Crippen LogP contribution < -0.4 is 4.90 Å². The van der Waals surface area contributed by atoms with Gasteiger partial charge in [0.05, 0.1) is 11.0 Å². The molecule has 1 N–H and O–H groups in total. The van der Waals surface area contributed by atoms with Crippen LogP contribution in [0, 0.1) is 17.0 Å². The Morgan fingerprint density at radius 1 is 1.10 bits per heavy atom. The summed E-state index contributed by atoms with van der Waals surface area (Å²) in [6.45, 7) is 11.2. The SMILES string of the molecule is CN1CCN(CCCN(c2nc3cc(F)c(F)cc3[nH]2)C2CCC(C)(C)CC2)CC1. The first-order valence-electron chi connectivity index (χ1n) is 11.3. The van der Waals surface area contributed by atoms with Crippen LogP contribution in [-0.2, 0) is 0 Å². The monoisotopic (exact) mass is 419 g/mol. The zero-order valence-corrected chi connectivity index (χ0v) is 18.6. The number of H-pyrrole nitrogens is 1. The smallest absolute Gasteiger partial charge is 0.204 e. The topological polar surface area (TPSA) is 38.4 Å². The minimum atomic E-state index is -0.846. The Hall–Kier alpha value is -1.73. The van der Waals surface area contributed by atoms with Gasteiger partial charge in [0.15, 0.2) is 11.6 Å². The molecule has 0 atom stereocenters. The highest BCUT2D eigenvalue weighted by molar-refractivity contribution is 5.77. The number of nitrogens with zero attached hydrogens (tertiary/aromatic N) is 4. The Kier molecular flexibility index (Phi) is 6.30. The number of anilines is 1. The third kappa shape index (κ3) is 4.94. The summed E-state index contributed by atoms with van der Waals surface area (Å²) in [5.41, 5.74) is 1.44. The maximum absolute atomic E-state index is 13.7. The second-order valence-electron chi connectivity index (χ2n) is 9.93. The molecule has 1 saturated heterocycles. The summed E-state index contributed by atoms with van der Waals surface area (Å²) >= 11 is 0. The normalized spacial score (nSPS) is 21.4. The second-order valence-corrected chi connectivity index (χ2v) is 9.93. The van der Waals surface area contributed by atoms with Gasteiger partial charge in [0, 0.05) is 50.9 Å². The number of aromatic amines is 1. The number of hydrogen-bond acceptors (Lipinski definition) is 4. The number of nitrogens with one attached hydrogen (secondary N) is 1. The van der Waals surface area contributed by atoms with E-state index in [1.54, 1.807) is 0 Å². The lowest BCUT2D eigenvalue weighted by Gasteiger charge is -2.40. The summed E-state index contributed by atoms with van der Waals surface area (Å²) in [5.74, 6) is -0.932. The van der Waals surface area contributed by atoms with Gasteiger partial charge in [-0.3, -0.25) is 0 Å². The van der Waals surface area contributed by atoms with Crippen LogP contribution in [0.15, 0.2) is 12.1 Å².